The Bertz CT molecular complexity index is 1460. The topological polar surface area (TPSA) is 200 Å². The molecular formula is C27H30N4O7S. The van der Waals surface area contributed by atoms with Crippen molar-refractivity contribution in [3.63, 3.8) is 0 Å². The van der Waals surface area contributed by atoms with Gasteiger partial charge in [-0.05, 0) is 60.0 Å². The number of nitrogens with two attached hydrogens (primary N) is 1. The van der Waals surface area contributed by atoms with Crippen molar-refractivity contribution in [2.75, 3.05) is 18.1 Å². The second kappa shape index (κ2) is 13.8. The van der Waals surface area contributed by atoms with E-state index in [0.29, 0.717) is 35.2 Å². The summed E-state index contributed by atoms with van der Waals surface area (Å²) in [6, 6.07) is 17.6. The Kier molecular flexibility index (Phi) is 10.9. The van der Waals surface area contributed by atoms with Crippen LogP contribution in [0.5, 0.6) is 0 Å². The quantitative estimate of drug-likeness (QED) is 0.0996. The number of unbranched alkanes of at least 4 members (excludes halogenated alkanes) is 1. The van der Waals surface area contributed by atoms with Crippen LogP contribution < -0.4 is 16.4 Å². The Hall–Kier alpha value is -4.55. The lowest BCUT2D eigenvalue weighted by Gasteiger charge is -2.14. The van der Waals surface area contributed by atoms with E-state index in [1.54, 1.807) is 60.7 Å². The van der Waals surface area contributed by atoms with Crippen LogP contribution >= 0.6 is 0 Å². The number of anilines is 1. The lowest BCUT2D eigenvalue weighted by Crippen LogP contribution is -2.24. The number of carbonyl (C=O) groups excluding carboxylic acids is 2. The van der Waals surface area contributed by atoms with E-state index in [0.717, 1.165) is 12.8 Å². The van der Waals surface area contributed by atoms with E-state index in [9.17, 15) is 27.9 Å². The molecule has 0 saturated heterocycles. The first kappa shape index (κ1) is 30.7. The zero-order chi connectivity index (χ0) is 29.2. The zero-order valence-electron chi connectivity index (χ0n) is 21.4. The number of hydrogen-bond acceptors (Lipinski definition) is 6. The van der Waals surface area contributed by atoms with Gasteiger partial charge in [0.25, 0.3) is 21.9 Å². The highest BCUT2D eigenvalue weighted by atomic mass is 32.2. The summed E-state index contributed by atoms with van der Waals surface area (Å²) >= 11 is 0. The molecule has 0 heterocycles. The lowest BCUT2D eigenvalue weighted by atomic mass is 9.93. The van der Waals surface area contributed by atoms with E-state index in [-0.39, 0.29) is 28.4 Å². The van der Waals surface area contributed by atoms with Gasteiger partial charge in [0, 0.05) is 28.9 Å². The fourth-order valence-corrected chi connectivity index (χ4v) is 3.43. The van der Waals surface area contributed by atoms with Crippen LogP contribution in [-0.4, -0.2) is 54.5 Å². The molecule has 7 N–H and O–H groups in total. The molecule has 3 rings (SSSR count). The van der Waals surface area contributed by atoms with Crippen molar-refractivity contribution in [3.8, 4) is 11.1 Å². The van der Waals surface area contributed by atoms with E-state index in [1.165, 1.54) is 6.07 Å². The van der Waals surface area contributed by atoms with Crippen molar-refractivity contribution in [1.29, 1.82) is 5.41 Å². The minimum Gasteiger partial charge on any atom is -0.478 e. The van der Waals surface area contributed by atoms with Gasteiger partial charge in [0.1, 0.15) is 5.84 Å². The maximum absolute atomic E-state index is 13.0. The average molecular weight is 555 g/mol. The lowest BCUT2D eigenvalue weighted by molar-refractivity contribution is 0.0697. The number of aromatic carboxylic acids is 1. The van der Waals surface area contributed by atoms with Gasteiger partial charge < -0.3 is 21.5 Å². The summed E-state index contributed by atoms with van der Waals surface area (Å²) in [5.41, 5.74) is 7.69. The Labute approximate surface area is 226 Å². The molecule has 39 heavy (non-hydrogen) atoms. The average Bonchev–Trinajstić information content (AvgIpc) is 2.87. The van der Waals surface area contributed by atoms with Gasteiger partial charge in [0.2, 0.25) is 0 Å². The number of amidine groups is 1. The van der Waals surface area contributed by atoms with E-state index < -0.39 is 22.0 Å². The Morgan fingerprint density at radius 2 is 1.46 bits per heavy atom. The normalized spacial score (nSPS) is 10.5. The van der Waals surface area contributed by atoms with Crippen LogP contribution in [0, 0.1) is 5.41 Å². The van der Waals surface area contributed by atoms with Crippen molar-refractivity contribution in [3.05, 3.63) is 89.0 Å². The first-order valence-electron chi connectivity index (χ1n) is 11.7. The molecule has 12 heteroatoms. The molecular weight excluding hydrogens is 524 g/mol. The van der Waals surface area contributed by atoms with E-state index in [4.69, 9.17) is 15.7 Å². The van der Waals surface area contributed by atoms with Crippen molar-refractivity contribution >= 4 is 39.4 Å². The van der Waals surface area contributed by atoms with Gasteiger partial charge in [0.05, 0.1) is 11.8 Å². The fourth-order valence-electron chi connectivity index (χ4n) is 3.43. The number of rotatable bonds is 9. The summed E-state index contributed by atoms with van der Waals surface area (Å²) in [5, 5.41) is 22.8. The van der Waals surface area contributed by atoms with E-state index >= 15 is 0 Å². The van der Waals surface area contributed by atoms with Crippen LogP contribution in [0.4, 0.5) is 5.69 Å². The van der Waals surface area contributed by atoms with Gasteiger partial charge in [-0.15, -0.1) is 0 Å². The summed E-state index contributed by atoms with van der Waals surface area (Å²) in [6.07, 6.45) is 2.47. The second-order valence-corrected chi connectivity index (χ2v) is 9.86. The fraction of sp³-hybridized carbons (Fsp3) is 0.185. The number of carboxylic acids is 1. The standard InChI is InChI=1S/C26H26N4O4.CH4O3S/c1-2-3-14-29-24(31)17-10-13-20(22(15-17)26(33)34)19-6-4-5-7-21(19)25(32)30-18-11-8-16(9-12-18)23(27)28;1-5(2,3)4/h4-13,15H,2-3,14H2,1H3,(H3,27,28)(H,29,31)(H,30,32)(H,33,34);1H3,(H,2,3,4). The van der Waals surface area contributed by atoms with Crippen LogP contribution in [0.1, 0.15) is 56.4 Å². The predicted molar refractivity (Wildman–Crippen MR) is 149 cm³/mol. The number of nitrogens with one attached hydrogen (secondary N) is 3. The second-order valence-electron chi connectivity index (χ2n) is 8.40. The van der Waals surface area contributed by atoms with Crippen LogP contribution in [-0.2, 0) is 10.1 Å². The monoisotopic (exact) mass is 554 g/mol. The van der Waals surface area contributed by atoms with Crippen LogP contribution in [0.15, 0.2) is 66.7 Å². The summed E-state index contributed by atoms with van der Waals surface area (Å²) in [6.45, 7) is 2.52. The van der Waals surface area contributed by atoms with Crippen molar-refractivity contribution < 1.29 is 32.5 Å². The Morgan fingerprint density at radius 1 is 0.897 bits per heavy atom. The zero-order valence-corrected chi connectivity index (χ0v) is 22.2. The molecule has 0 aliphatic rings. The summed E-state index contributed by atoms with van der Waals surface area (Å²) in [4.78, 5) is 37.5. The maximum Gasteiger partial charge on any atom is 0.336 e. The molecule has 11 nitrogen and oxygen atoms in total. The number of carboxylic acid groups (broad SMARTS) is 1. The number of carbonyl (C=O) groups is 3. The summed E-state index contributed by atoms with van der Waals surface area (Å²) < 4.78 is 25.9. The van der Waals surface area contributed by atoms with Crippen LogP contribution in [0.25, 0.3) is 11.1 Å². The van der Waals surface area contributed by atoms with Gasteiger partial charge >= 0.3 is 5.97 Å². The summed E-state index contributed by atoms with van der Waals surface area (Å²) in [5.74, 6) is -2.05. The highest BCUT2D eigenvalue weighted by Crippen LogP contribution is 2.29. The first-order valence-corrected chi connectivity index (χ1v) is 13.6. The highest BCUT2D eigenvalue weighted by Gasteiger charge is 2.20. The van der Waals surface area contributed by atoms with E-state index in [2.05, 4.69) is 10.6 Å². The van der Waals surface area contributed by atoms with Crippen molar-refractivity contribution in [2.45, 2.75) is 19.8 Å². The van der Waals surface area contributed by atoms with Gasteiger partial charge in [-0.2, -0.15) is 8.42 Å². The molecule has 3 aromatic rings. The molecule has 0 radical (unpaired) electrons. The summed E-state index contributed by atoms with van der Waals surface area (Å²) in [7, 11) is -3.67. The molecule has 0 aliphatic carbocycles. The van der Waals surface area contributed by atoms with E-state index in [1.807, 2.05) is 6.92 Å². The molecule has 0 fully saturated rings. The smallest absolute Gasteiger partial charge is 0.336 e. The largest absolute Gasteiger partial charge is 0.478 e. The number of nitrogen functional groups attached to an aromatic ring is 1. The third-order valence-electron chi connectivity index (χ3n) is 5.24. The third-order valence-corrected chi connectivity index (χ3v) is 5.24. The SMILES string of the molecule is CCCCNC(=O)c1ccc(-c2ccccc2C(=O)Nc2ccc(C(=N)N)cc2)c(C(=O)O)c1.CS(=O)(=O)O. The maximum atomic E-state index is 13.0. The third kappa shape index (κ3) is 9.68. The molecule has 0 bridgehead atoms. The molecule has 3 aromatic carbocycles. The molecule has 206 valence electrons. The first-order chi connectivity index (χ1) is 18.3. The number of amides is 2. The number of hydrogen-bond donors (Lipinski definition) is 6. The predicted octanol–water partition coefficient (Wildman–Crippen LogP) is 3.62. The van der Waals surface area contributed by atoms with Crippen LogP contribution in [0.3, 0.4) is 0 Å². The Balaban J connectivity index is 0.000000976. The minimum atomic E-state index is -3.67. The van der Waals surface area contributed by atoms with Gasteiger partial charge in [-0.1, -0.05) is 37.6 Å². The van der Waals surface area contributed by atoms with Gasteiger partial charge in [-0.25, -0.2) is 4.79 Å². The molecule has 0 saturated carbocycles. The molecule has 0 unspecified atom stereocenters. The molecule has 2 amide bonds. The van der Waals surface area contributed by atoms with Gasteiger partial charge in [0.15, 0.2) is 0 Å². The Morgan fingerprint density at radius 3 is 2.03 bits per heavy atom. The molecule has 0 spiro atoms. The molecule has 0 aliphatic heterocycles. The van der Waals surface area contributed by atoms with Gasteiger partial charge in [-0.3, -0.25) is 19.6 Å². The molecule has 0 atom stereocenters. The molecule has 0 aromatic heterocycles. The highest BCUT2D eigenvalue weighted by molar-refractivity contribution is 7.85. The van der Waals surface area contributed by atoms with Crippen molar-refractivity contribution in [2.24, 2.45) is 5.73 Å². The van der Waals surface area contributed by atoms with Crippen LogP contribution in [0.2, 0.25) is 0 Å². The number of benzene rings is 3. The van der Waals surface area contributed by atoms with Crippen molar-refractivity contribution in [1.82, 2.24) is 5.32 Å². The minimum absolute atomic E-state index is 0.0748.